The van der Waals surface area contributed by atoms with Gasteiger partial charge in [0.25, 0.3) is 0 Å². The highest BCUT2D eigenvalue weighted by Gasteiger charge is 2.10. The van der Waals surface area contributed by atoms with Crippen LogP contribution in [0.3, 0.4) is 0 Å². The Morgan fingerprint density at radius 3 is 1.87 bits per heavy atom. The summed E-state index contributed by atoms with van der Waals surface area (Å²) >= 11 is 0. The summed E-state index contributed by atoms with van der Waals surface area (Å²) in [6, 6.07) is 13.2. The van der Waals surface area contributed by atoms with Crippen LogP contribution in [-0.4, -0.2) is 16.8 Å². The third-order valence-corrected chi connectivity index (χ3v) is 4.60. The number of ether oxygens (including phenoxy) is 1. The van der Waals surface area contributed by atoms with Crippen molar-refractivity contribution in [1.29, 1.82) is 0 Å². The normalized spacial score (nSPS) is 10.5. The van der Waals surface area contributed by atoms with Crippen molar-refractivity contribution in [3.05, 3.63) is 48.0 Å². The van der Waals surface area contributed by atoms with Crippen LogP contribution >= 0.6 is 0 Å². The van der Waals surface area contributed by atoms with E-state index in [0.717, 1.165) is 44.1 Å². The lowest BCUT2D eigenvalue weighted by atomic mass is 10.2. The van der Waals surface area contributed by atoms with Crippen LogP contribution in [0.5, 0.6) is 5.75 Å². The second-order valence-electron chi connectivity index (χ2n) is 7.36. The van der Waals surface area contributed by atoms with E-state index in [1.54, 1.807) is 12.1 Å². The molecule has 1 aromatic carbocycles. The Morgan fingerprint density at radius 2 is 1.37 bits per heavy atom. The fraction of sp³-hybridized carbons (Fsp3) is 0.458. The van der Waals surface area contributed by atoms with Gasteiger partial charge >= 0.3 is 0 Å². The number of unbranched alkanes of at least 4 members (excludes halogenated alkanes) is 4. The predicted octanol–water partition coefficient (Wildman–Crippen LogP) is 5.70. The van der Waals surface area contributed by atoms with Gasteiger partial charge in [0.15, 0.2) is 0 Å². The van der Waals surface area contributed by atoms with Gasteiger partial charge in [-0.2, -0.15) is 0 Å². The Bertz CT molecular complexity index is 751. The molecule has 0 spiro atoms. The molecule has 2 N–H and O–H groups in total. The summed E-state index contributed by atoms with van der Waals surface area (Å²) < 4.78 is 5.89. The van der Waals surface area contributed by atoms with Crippen molar-refractivity contribution >= 4 is 23.5 Å². The maximum absolute atomic E-state index is 12.2. The zero-order valence-electron chi connectivity index (χ0n) is 18.1. The summed E-state index contributed by atoms with van der Waals surface area (Å²) in [5, 5.41) is 5.65. The first kappa shape index (κ1) is 23.4. The molecule has 0 saturated heterocycles. The van der Waals surface area contributed by atoms with Crippen LogP contribution in [0, 0.1) is 0 Å². The van der Waals surface area contributed by atoms with Crippen molar-refractivity contribution in [1.82, 2.24) is 4.98 Å². The largest absolute Gasteiger partial charge is 0.489 e. The molecule has 0 atom stereocenters. The first-order valence-electron chi connectivity index (χ1n) is 10.9. The number of benzene rings is 1. The zero-order valence-corrected chi connectivity index (χ0v) is 18.1. The molecule has 1 aromatic heterocycles. The van der Waals surface area contributed by atoms with Gasteiger partial charge < -0.3 is 15.4 Å². The van der Waals surface area contributed by atoms with E-state index in [-0.39, 0.29) is 11.8 Å². The molecule has 0 saturated carbocycles. The first-order chi connectivity index (χ1) is 14.6. The second-order valence-corrected chi connectivity index (χ2v) is 7.36. The molecular formula is C24H33N3O3. The molecular weight excluding hydrogens is 378 g/mol. The molecule has 1 heterocycles. The molecule has 2 rings (SSSR count). The molecule has 6 heteroatoms. The molecule has 162 valence electrons. The van der Waals surface area contributed by atoms with Crippen LogP contribution < -0.4 is 15.4 Å². The number of nitrogens with one attached hydrogen (secondary N) is 2. The van der Waals surface area contributed by atoms with Gasteiger partial charge in [-0.1, -0.05) is 69.9 Å². The van der Waals surface area contributed by atoms with Gasteiger partial charge in [0.2, 0.25) is 11.8 Å². The first-order valence-corrected chi connectivity index (χ1v) is 10.9. The summed E-state index contributed by atoms with van der Waals surface area (Å²) in [7, 11) is 0. The minimum absolute atomic E-state index is 0.0867. The SMILES string of the molecule is CCCCCC(=O)Nc1cc(OCc2ccccc2)cc(NC(=O)CCCCC)n1. The Kier molecular flexibility index (Phi) is 10.4. The number of pyridine rings is 1. The third-order valence-electron chi connectivity index (χ3n) is 4.60. The second kappa shape index (κ2) is 13.4. The average molecular weight is 412 g/mol. The highest BCUT2D eigenvalue weighted by molar-refractivity contribution is 5.92. The van der Waals surface area contributed by atoms with Crippen LogP contribution in [0.15, 0.2) is 42.5 Å². The number of carbonyl (C=O) groups is 2. The van der Waals surface area contributed by atoms with E-state index in [1.807, 2.05) is 30.3 Å². The van der Waals surface area contributed by atoms with Gasteiger partial charge in [0, 0.05) is 25.0 Å². The minimum Gasteiger partial charge on any atom is -0.489 e. The Hall–Kier alpha value is -2.89. The third kappa shape index (κ3) is 9.07. The fourth-order valence-corrected chi connectivity index (χ4v) is 2.94. The summed E-state index contributed by atoms with van der Waals surface area (Å²) in [5.41, 5.74) is 1.03. The van der Waals surface area contributed by atoms with Crippen LogP contribution in [0.1, 0.15) is 70.8 Å². The maximum atomic E-state index is 12.2. The number of carbonyl (C=O) groups excluding carboxylic acids is 2. The molecule has 0 aliphatic heterocycles. The summed E-state index contributed by atoms with van der Waals surface area (Å²) in [6.45, 7) is 4.59. The highest BCUT2D eigenvalue weighted by atomic mass is 16.5. The molecule has 2 aromatic rings. The molecule has 0 fully saturated rings. The summed E-state index contributed by atoms with van der Waals surface area (Å²) in [5.74, 6) is 1.13. The lowest BCUT2D eigenvalue weighted by molar-refractivity contribution is -0.117. The Morgan fingerprint density at radius 1 is 0.833 bits per heavy atom. The van der Waals surface area contributed by atoms with E-state index in [2.05, 4.69) is 29.5 Å². The average Bonchev–Trinajstić information content (AvgIpc) is 2.73. The lowest BCUT2D eigenvalue weighted by Crippen LogP contribution is -2.16. The standard InChI is InChI=1S/C24H33N3O3/c1-3-5-8-14-23(28)26-21-16-20(30-18-19-12-10-7-11-13-19)17-22(25-21)27-24(29)15-9-6-4-2/h7,10-13,16-17H,3-6,8-9,14-15,18H2,1-2H3,(H2,25,26,27,28,29). The number of rotatable bonds is 13. The highest BCUT2D eigenvalue weighted by Crippen LogP contribution is 2.23. The molecule has 0 aliphatic rings. The summed E-state index contributed by atoms with van der Waals surface area (Å²) in [6.07, 6.45) is 6.72. The molecule has 0 unspecified atom stereocenters. The maximum Gasteiger partial charge on any atom is 0.225 e. The minimum atomic E-state index is -0.0867. The monoisotopic (exact) mass is 411 g/mol. The van der Waals surface area contributed by atoms with Crippen LogP contribution in [-0.2, 0) is 16.2 Å². The molecule has 0 radical (unpaired) electrons. The van der Waals surface area contributed by atoms with Crippen molar-refractivity contribution in [3.63, 3.8) is 0 Å². The number of anilines is 2. The molecule has 6 nitrogen and oxygen atoms in total. The smallest absolute Gasteiger partial charge is 0.225 e. The summed E-state index contributed by atoms with van der Waals surface area (Å²) in [4.78, 5) is 28.8. The van der Waals surface area contributed by atoms with Gasteiger partial charge in [-0.05, 0) is 18.4 Å². The number of nitrogens with zero attached hydrogens (tertiary/aromatic N) is 1. The van der Waals surface area contributed by atoms with Crippen molar-refractivity contribution in [2.75, 3.05) is 10.6 Å². The molecule has 2 amide bonds. The van der Waals surface area contributed by atoms with E-state index in [4.69, 9.17) is 4.74 Å². The van der Waals surface area contributed by atoms with Gasteiger partial charge in [0.1, 0.15) is 24.0 Å². The Labute approximate surface area is 179 Å². The van der Waals surface area contributed by atoms with Gasteiger partial charge in [-0.25, -0.2) is 4.98 Å². The van der Waals surface area contributed by atoms with Crippen LogP contribution in [0.4, 0.5) is 11.6 Å². The van der Waals surface area contributed by atoms with Crippen molar-refractivity contribution in [3.8, 4) is 5.75 Å². The van der Waals surface area contributed by atoms with E-state index >= 15 is 0 Å². The van der Waals surface area contributed by atoms with E-state index < -0.39 is 0 Å². The van der Waals surface area contributed by atoms with Crippen molar-refractivity contribution in [2.24, 2.45) is 0 Å². The Balaban J connectivity index is 2.07. The van der Waals surface area contributed by atoms with Crippen LogP contribution in [0.2, 0.25) is 0 Å². The van der Waals surface area contributed by atoms with Gasteiger partial charge in [-0.15, -0.1) is 0 Å². The van der Waals surface area contributed by atoms with E-state index in [9.17, 15) is 9.59 Å². The van der Waals surface area contributed by atoms with E-state index in [1.165, 1.54) is 0 Å². The fourth-order valence-electron chi connectivity index (χ4n) is 2.94. The van der Waals surface area contributed by atoms with Crippen molar-refractivity contribution in [2.45, 2.75) is 71.8 Å². The van der Waals surface area contributed by atoms with Crippen molar-refractivity contribution < 1.29 is 14.3 Å². The number of aromatic nitrogens is 1. The number of hydrogen-bond acceptors (Lipinski definition) is 4. The molecule has 0 bridgehead atoms. The van der Waals surface area contributed by atoms with Gasteiger partial charge in [-0.3, -0.25) is 9.59 Å². The number of hydrogen-bond donors (Lipinski definition) is 2. The topological polar surface area (TPSA) is 80.3 Å². The quantitative estimate of drug-likeness (QED) is 0.414. The zero-order chi connectivity index (χ0) is 21.6. The molecule has 0 aliphatic carbocycles. The van der Waals surface area contributed by atoms with Gasteiger partial charge in [0.05, 0.1) is 0 Å². The van der Waals surface area contributed by atoms with Crippen LogP contribution in [0.25, 0.3) is 0 Å². The number of amides is 2. The lowest BCUT2D eigenvalue weighted by Gasteiger charge is -2.12. The molecule has 30 heavy (non-hydrogen) atoms. The predicted molar refractivity (Wildman–Crippen MR) is 121 cm³/mol. The van der Waals surface area contributed by atoms with E-state index in [0.29, 0.717) is 36.8 Å².